The van der Waals surface area contributed by atoms with Gasteiger partial charge in [-0.2, -0.15) is 0 Å². The monoisotopic (exact) mass is 758 g/mol. The summed E-state index contributed by atoms with van der Waals surface area (Å²) in [4.78, 5) is 28.0. The Morgan fingerprint density at radius 3 is 1.75 bits per heavy atom. The molecular weight excluding hydrogens is 716 g/mol. The fourth-order valence-corrected chi connectivity index (χ4v) is 7.05. The lowest BCUT2D eigenvalue weighted by Crippen LogP contribution is -2.39. The number of hydrogen-bond donors (Lipinski definition) is 0. The molecule has 1 aliphatic heterocycles. The first-order valence-corrected chi connectivity index (χ1v) is 17.0. The van der Waals surface area contributed by atoms with Gasteiger partial charge >= 0.3 is 5.97 Å². The predicted molar refractivity (Wildman–Crippen MR) is 201 cm³/mol. The third kappa shape index (κ3) is 6.57. The van der Waals surface area contributed by atoms with E-state index in [4.69, 9.17) is 56.5 Å². The third-order valence-electron chi connectivity index (χ3n) is 9.46. The lowest BCUT2D eigenvalue weighted by molar-refractivity contribution is -0.153. The average Bonchev–Trinajstić information content (AvgIpc) is 3.21. The number of esters is 1. The highest BCUT2D eigenvalue weighted by molar-refractivity contribution is 5.93. The first-order chi connectivity index (χ1) is 26.6. The molecule has 2 heterocycles. The number of carbonyl (C=O) groups excluding carboxylic acids is 1. The molecule has 5 aromatic rings. The van der Waals surface area contributed by atoms with E-state index in [1.54, 1.807) is 54.6 Å². The summed E-state index contributed by atoms with van der Waals surface area (Å²) in [5.41, 5.74) is 1.39. The van der Waals surface area contributed by atoms with Crippen LogP contribution in [0.25, 0.3) is 22.3 Å². The minimum Gasteiger partial charge on any atom is -0.493 e. The van der Waals surface area contributed by atoms with E-state index in [1.807, 2.05) is 0 Å². The van der Waals surface area contributed by atoms with Crippen LogP contribution in [0.1, 0.15) is 35.6 Å². The second-order valence-electron chi connectivity index (χ2n) is 12.2. The molecule has 290 valence electrons. The van der Waals surface area contributed by atoms with Gasteiger partial charge in [-0.1, -0.05) is 12.1 Å². The van der Waals surface area contributed by atoms with Crippen LogP contribution in [0.5, 0.6) is 57.5 Å². The summed E-state index contributed by atoms with van der Waals surface area (Å²) < 4.78 is 70.7. The minimum absolute atomic E-state index is 0.0465. The Labute approximate surface area is 317 Å². The number of benzene rings is 4. The number of fused-ring (bicyclic) bond motifs is 2. The van der Waals surface area contributed by atoms with Crippen molar-refractivity contribution >= 4 is 16.9 Å². The molecule has 0 N–H and O–H groups in total. The molecule has 0 bridgehead atoms. The second-order valence-corrected chi connectivity index (χ2v) is 12.2. The molecule has 0 fully saturated rings. The number of hydrogen-bond acceptors (Lipinski definition) is 14. The molecular formula is C41H42O14. The van der Waals surface area contributed by atoms with Gasteiger partial charge in [0.15, 0.2) is 63.8 Å². The van der Waals surface area contributed by atoms with Crippen LogP contribution < -0.4 is 52.8 Å². The van der Waals surface area contributed by atoms with Crippen molar-refractivity contribution in [3.05, 3.63) is 81.5 Å². The van der Waals surface area contributed by atoms with Crippen molar-refractivity contribution in [3.63, 3.8) is 0 Å². The predicted octanol–water partition coefficient (Wildman–Crippen LogP) is 6.73. The summed E-state index contributed by atoms with van der Waals surface area (Å²) in [5.74, 6) is 1.55. The quantitative estimate of drug-likeness (QED) is 0.117. The minimum atomic E-state index is -1.10. The lowest BCUT2D eigenvalue weighted by atomic mass is 9.78. The van der Waals surface area contributed by atoms with E-state index in [1.165, 1.54) is 70.9 Å². The molecule has 0 aliphatic carbocycles. The molecule has 14 nitrogen and oxygen atoms in total. The fraction of sp³-hybridized carbons (Fsp3) is 0.317. The maximum absolute atomic E-state index is 15.0. The van der Waals surface area contributed by atoms with Crippen molar-refractivity contribution in [1.82, 2.24) is 0 Å². The first-order valence-electron chi connectivity index (χ1n) is 17.0. The van der Waals surface area contributed by atoms with Gasteiger partial charge in [-0.25, -0.2) is 0 Å². The van der Waals surface area contributed by atoms with E-state index in [9.17, 15) is 9.59 Å². The summed E-state index contributed by atoms with van der Waals surface area (Å²) in [6.07, 6.45) is -2.09. The number of ether oxygens (including phenoxy) is 11. The van der Waals surface area contributed by atoms with Crippen LogP contribution in [0.2, 0.25) is 0 Å². The molecule has 4 aromatic carbocycles. The third-order valence-corrected chi connectivity index (χ3v) is 9.46. The van der Waals surface area contributed by atoms with E-state index in [0.29, 0.717) is 51.0 Å². The maximum atomic E-state index is 15.0. The molecule has 0 radical (unpaired) electrons. The molecule has 0 saturated heterocycles. The van der Waals surface area contributed by atoms with Crippen molar-refractivity contribution in [2.24, 2.45) is 0 Å². The van der Waals surface area contributed by atoms with Gasteiger partial charge in [-0.3, -0.25) is 9.59 Å². The van der Waals surface area contributed by atoms with Gasteiger partial charge in [0, 0.05) is 23.6 Å². The van der Waals surface area contributed by atoms with Crippen molar-refractivity contribution in [3.8, 4) is 68.8 Å². The fourth-order valence-electron chi connectivity index (χ4n) is 7.05. The first kappa shape index (κ1) is 38.3. The van der Waals surface area contributed by atoms with Gasteiger partial charge in [-0.05, 0) is 48.0 Å². The highest BCUT2D eigenvalue weighted by atomic mass is 16.6. The number of carbonyl (C=O) groups is 1. The van der Waals surface area contributed by atoms with E-state index in [-0.39, 0.29) is 45.5 Å². The van der Waals surface area contributed by atoms with Crippen molar-refractivity contribution in [1.29, 1.82) is 0 Å². The summed E-state index contributed by atoms with van der Waals surface area (Å²) in [6.45, 7) is 1.30. The molecule has 6 rings (SSSR count). The van der Waals surface area contributed by atoms with Gasteiger partial charge in [0.05, 0.1) is 75.3 Å². The van der Waals surface area contributed by atoms with Crippen LogP contribution in [0.15, 0.2) is 63.8 Å². The lowest BCUT2D eigenvalue weighted by Gasteiger charge is -2.40. The average molecular weight is 759 g/mol. The van der Waals surface area contributed by atoms with Crippen LogP contribution in [-0.2, 0) is 9.53 Å². The van der Waals surface area contributed by atoms with Crippen molar-refractivity contribution < 1.29 is 61.3 Å². The van der Waals surface area contributed by atoms with E-state index < -0.39 is 29.5 Å². The molecule has 0 spiro atoms. The van der Waals surface area contributed by atoms with Crippen molar-refractivity contribution in [2.75, 3.05) is 64.0 Å². The van der Waals surface area contributed by atoms with Gasteiger partial charge in [-0.15, -0.1) is 0 Å². The zero-order valence-electron chi connectivity index (χ0n) is 32.1. The smallest absolute Gasteiger partial charge is 0.303 e. The van der Waals surface area contributed by atoms with E-state index in [2.05, 4.69) is 0 Å². The standard InChI is InChI=1S/C41H42O14/c1-20(42)53-39-31(23-13-16-27(46-4)37(50-8)36(23)54-34(39)21-11-14-25(44-2)28(17-21)47-5)24-19-30(49-7)38(51-9)40-32(24)33(43)41(52-10)35(55-40)22-12-15-26(45-3)29(18-22)48-6/h11-19,31,34,39H,1-10H3. The summed E-state index contributed by atoms with van der Waals surface area (Å²) in [7, 11) is 13.3. The molecule has 1 aromatic heterocycles. The molecule has 1 aliphatic rings. The highest BCUT2D eigenvalue weighted by Gasteiger charge is 2.46. The van der Waals surface area contributed by atoms with Crippen LogP contribution in [-0.4, -0.2) is 76.1 Å². The second kappa shape index (κ2) is 15.9. The summed E-state index contributed by atoms with van der Waals surface area (Å²) in [6, 6.07) is 15.4. The Balaban J connectivity index is 1.74. The normalized spacial score (nSPS) is 15.9. The SMILES string of the molecule is COc1ccc(-c2oc3c(OC)c(OC)cc(C4c5ccc(OC)c(OC)c5OC(c5ccc(OC)c(OC)c5)C4OC(C)=O)c3c(=O)c2OC)cc1OC. The summed E-state index contributed by atoms with van der Waals surface area (Å²) >= 11 is 0. The summed E-state index contributed by atoms with van der Waals surface area (Å²) in [5, 5.41) is 0.0783. The van der Waals surface area contributed by atoms with Gasteiger partial charge < -0.3 is 56.5 Å². The Bertz CT molecular complexity index is 2290. The Hall–Kier alpha value is -6.44. The van der Waals surface area contributed by atoms with Gasteiger partial charge in [0.25, 0.3) is 0 Å². The number of rotatable bonds is 13. The van der Waals surface area contributed by atoms with E-state index >= 15 is 0 Å². The maximum Gasteiger partial charge on any atom is 0.303 e. The molecule has 3 atom stereocenters. The molecule has 14 heteroatoms. The Morgan fingerprint density at radius 2 is 1.16 bits per heavy atom. The molecule has 55 heavy (non-hydrogen) atoms. The van der Waals surface area contributed by atoms with Crippen LogP contribution in [0, 0.1) is 0 Å². The van der Waals surface area contributed by atoms with E-state index in [0.717, 1.165) is 0 Å². The van der Waals surface area contributed by atoms with Crippen LogP contribution in [0.3, 0.4) is 0 Å². The molecule has 3 unspecified atom stereocenters. The van der Waals surface area contributed by atoms with Crippen molar-refractivity contribution in [2.45, 2.75) is 25.0 Å². The highest BCUT2D eigenvalue weighted by Crippen LogP contribution is 2.56. The molecule has 0 amide bonds. The van der Waals surface area contributed by atoms with Gasteiger partial charge in [0.1, 0.15) is 0 Å². The Kier molecular flexibility index (Phi) is 11.1. The number of methoxy groups -OCH3 is 9. The Morgan fingerprint density at radius 1 is 0.582 bits per heavy atom. The largest absolute Gasteiger partial charge is 0.493 e. The van der Waals surface area contributed by atoms with Crippen LogP contribution >= 0.6 is 0 Å². The zero-order valence-corrected chi connectivity index (χ0v) is 32.1. The topological polar surface area (TPSA) is 149 Å². The van der Waals surface area contributed by atoms with Gasteiger partial charge in [0.2, 0.25) is 22.7 Å². The molecule has 0 saturated carbocycles. The zero-order chi connectivity index (χ0) is 39.6. The van der Waals surface area contributed by atoms with Crippen LogP contribution in [0.4, 0.5) is 0 Å².